The van der Waals surface area contributed by atoms with Gasteiger partial charge >= 0.3 is 0 Å². The molecule has 3 aromatic carbocycles. The van der Waals surface area contributed by atoms with Crippen LogP contribution in [-0.2, 0) is 10.5 Å². The molecule has 0 bridgehead atoms. The number of ether oxygens (including phenoxy) is 2. The monoisotopic (exact) mass is 527 g/mol. The van der Waals surface area contributed by atoms with Crippen LogP contribution in [0.15, 0.2) is 89.2 Å². The first-order valence-corrected chi connectivity index (χ1v) is 13.2. The van der Waals surface area contributed by atoms with Crippen molar-refractivity contribution in [1.29, 1.82) is 0 Å². The van der Waals surface area contributed by atoms with Gasteiger partial charge in [0.25, 0.3) is 5.91 Å². The van der Waals surface area contributed by atoms with E-state index in [2.05, 4.69) is 10.6 Å². The number of aryl methyl sites for hydroxylation is 1. The third-order valence-electron chi connectivity index (χ3n) is 6.40. The molecule has 9 heteroatoms. The molecular formula is C29H29N5O3S. The Morgan fingerprint density at radius 2 is 1.76 bits per heavy atom. The summed E-state index contributed by atoms with van der Waals surface area (Å²) in [5, 5.41) is 11.8. The molecule has 194 valence electrons. The van der Waals surface area contributed by atoms with Gasteiger partial charge in [0.2, 0.25) is 11.1 Å². The number of allylic oxidation sites excluding steroid dienone is 1. The van der Waals surface area contributed by atoms with Crippen LogP contribution in [0.4, 0.5) is 11.6 Å². The van der Waals surface area contributed by atoms with Gasteiger partial charge in [-0.25, -0.2) is 4.68 Å². The highest BCUT2D eigenvalue weighted by molar-refractivity contribution is 7.98. The minimum atomic E-state index is -0.472. The van der Waals surface area contributed by atoms with Crippen molar-refractivity contribution in [2.45, 2.75) is 30.8 Å². The minimum absolute atomic E-state index is 0.197. The number of hydrogen-bond acceptors (Lipinski definition) is 7. The van der Waals surface area contributed by atoms with E-state index < -0.39 is 6.04 Å². The molecule has 0 unspecified atom stereocenters. The number of nitrogens with one attached hydrogen (secondary N) is 2. The van der Waals surface area contributed by atoms with Gasteiger partial charge < -0.3 is 20.1 Å². The van der Waals surface area contributed by atoms with Gasteiger partial charge in [0, 0.05) is 17.1 Å². The molecule has 5 rings (SSSR count). The van der Waals surface area contributed by atoms with E-state index in [1.807, 2.05) is 86.6 Å². The Hall–Kier alpha value is -4.24. The van der Waals surface area contributed by atoms with Crippen molar-refractivity contribution in [1.82, 2.24) is 14.8 Å². The maximum absolute atomic E-state index is 13.7. The summed E-state index contributed by atoms with van der Waals surface area (Å²) in [4.78, 5) is 18.5. The molecule has 0 aliphatic carbocycles. The summed E-state index contributed by atoms with van der Waals surface area (Å²) in [7, 11) is 3.29. The van der Waals surface area contributed by atoms with Gasteiger partial charge in [-0.1, -0.05) is 54.2 Å². The topological polar surface area (TPSA) is 90.3 Å². The third-order valence-corrected chi connectivity index (χ3v) is 7.31. The number of fused-ring (bicyclic) bond motifs is 1. The number of anilines is 2. The largest absolute Gasteiger partial charge is 0.497 e. The molecule has 1 aliphatic heterocycles. The number of amides is 1. The molecule has 2 N–H and O–H groups in total. The van der Waals surface area contributed by atoms with Crippen molar-refractivity contribution in [3.8, 4) is 11.5 Å². The fourth-order valence-corrected chi connectivity index (χ4v) is 5.17. The van der Waals surface area contributed by atoms with Crippen LogP contribution in [0, 0.1) is 6.92 Å². The Kier molecular flexibility index (Phi) is 7.37. The standard InChI is InChI=1S/C29H29N5O3S/c1-18-8-5-6-11-24(18)31-27(35)25-19(2)30-28-32-29(38-17-20-9-7-10-23(16-20)37-4)33-34(28)26(25)21-12-14-22(36-3)15-13-21/h5-16,26H,17H2,1-4H3,(H,31,35)(H,30,32,33)/t26-/m1/s1. The maximum Gasteiger partial charge on any atom is 0.255 e. The van der Waals surface area contributed by atoms with Crippen LogP contribution in [0.2, 0.25) is 0 Å². The lowest BCUT2D eigenvalue weighted by Gasteiger charge is -2.29. The summed E-state index contributed by atoms with van der Waals surface area (Å²) in [6.45, 7) is 3.86. The quantitative estimate of drug-likeness (QED) is 0.279. The van der Waals surface area contributed by atoms with Crippen LogP contribution in [-0.4, -0.2) is 34.9 Å². The van der Waals surface area contributed by atoms with E-state index in [-0.39, 0.29) is 5.91 Å². The minimum Gasteiger partial charge on any atom is -0.497 e. The zero-order valence-corrected chi connectivity index (χ0v) is 22.5. The predicted octanol–water partition coefficient (Wildman–Crippen LogP) is 5.82. The molecule has 0 saturated heterocycles. The molecular weight excluding hydrogens is 498 g/mol. The lowest BCUT2D eigenvalue weighted by atomic mass is 9.95. The van der Waals surface area contributed by atoms with Crippen LogP contribution >= 0.6 is 11.8 Å². The average Bonchev–Trinajstić information content (AvgIpc) is 3.35. The third kappa shape index (κ3) is 5.24. The van der Waals surface area contributed by atoms with Crippen molar-refractivity contribution in [2.75, 3.05) is 24.9 Å². The van der Waals surface area contributed by atoms with Gasteiger partial charge in [-0.15, -0.1) is 5.10 Å². The fraction of sp³-hybridized carbons (Fsp3) is 0.207. The first-order chi connectivity index (χ1) is 18.5. The second-order valence-corrected chi connectivity index (χ2v) is 9.85. The number of rotatable bonds is 8. The molecule has 0 fully saturated rings. The number of nitrogens with zero attached hydrogens (tertiary/aromatic N) is 3. The van der Waals surface area contributed by atoms with Gasteiger partial charge in [0.05, 0.1) is 19.8 Å². The molecule has 1 aliphatic rings. The van der Waals surface area contributed by atoms with Gasteiger partial charge in [0.15, 0.2) is 0 Å². The molecule has 2 heterocycles. The number of hydrogen-bond donors (Lipinski definition) is 2. The highest BCUT2D eigenvalue weighted by Gasteiger charge is 2.34. The van der Waals surface area contributed by atoms with Gasteiger partial charge in [-0.05, 0) is 60.9 Å². The number of benzene rings is 3. The summed E-state index contributed by atoms with van der Waals surface area (Å²) >= 11 is 1.53. The smallest absolute Gasteiger partial charge is 0.255 e. The van der Waals surface area contributed by atoms with E-state index in [9.17, 15) is 4.79 Å². The van der Waals surface area contributed by atoms with E-state index >= 15 is 0 Å². The van der Waals surface area contributed by atoms with Crippen molar-refractivity contribution in [3.05, 3.63) is 101 Å². The van der Waals surface area contributed by atoms with Crippen LogP contribution < -0.4 is 20.1 Å². The molecule has 1 aromatic heterocycles. The Labute approximate surface area is 226 Å². The molecule has 1 atom stereocenters. The Balaban J connectivity index is 1.48. The average molecular weight is 528 g/mol. The van der Waals surface area contributed by atoms with Crippen molar-refractivity contribution >= 4 is 29.3 Å². The normalized spacial score (nSPS) is 14.5. The van der Waals surface area contributed by atoms with Crippen LogP contribution in [0.1, 0.15) is 29.7 Å². The van der Waals surface area contributed by atoms with Crippen LogP contribution in [0.25, 0.3) is 0 Å². The van der Waals surface area contributed by atoms with E-state index in [1.165, 1.54) is 11.8 Å². The summed E-state index contributed by atoms with van der Waals surface area (Å²) in [6.07, 6.45) is 0. The highest BCUT2D eigenvalue weighted by atomic mass is 32.2. The molecule has 0 spiro atoms. The van der Waals surface area contributed by atoms with E-state index in [0.717, 1.165) is 39.6 Å². The Bertz CT molecular complexity index is 1500. The SMILES string of the molecule is COc1ccc([C@@H]2C(C(=O)Nc3ccccc3C)=C(C)Nc3nc(SCc4cccc(OC)c4)nn32)cc1. The highest BCUT2D eigenvalue weighted by Crippen LogP contribution is 2.37. The summed E-state index contributed by atoms with van der Waals surface area (Å²) in [5.41, 5.74) is 5.06. The van der Waals surface area contributed by atoms with Crippen LogP contribution in [0.5, 0.6) is 11.5 Å². The Morgan fingerprint density at radius 1 is 1.00 bits per heavy atom. The second-order valence-electron chi connectivity index (χ2n) is 8.91. The first kappa shape index (κ1) is 25.4. The van der Waals surface area contributed by atoms with Gasteiger partial charge in [-0.3, -0.25) is 4.79 Å². The van der Waals surface area contributed by atoms with E-state index in [1.54, 1.807) is 18.9 Å². The molecule has 8 nitrogen and oxygen atoms in total. The van der Waals surface area contributed by atoms with Crippen LogP contribution in [0.3, 0.4) is 0 Å². The number of thioether (sulfide) groups is 1. The molecule has 1 amide bonds. The number of para-hydroxylation sites is 1. The Morgan fingerprint density at radius 3 is 2.50 bits per heavy atom. The van der Waals surface area contributed by atoms with Crippen molar-refractivity contribution in [3.63, 3.8) is 0 Å². The zero-order valence-electron chi connectivity index (χ0n) is 21.7. The van der Waals surface area contributed by atoms with Crippen molar-refractivity contribution < 1.29 is 14.3 Å². The predicted molar refractivity (Wildman–Crippen MR) is 150 cm³/mol. The lowest BCUT2D eigenvalue weighted by molar-refractivity contribution is -0.113. The number of carbonyl (C=O) groups is 1. The number of methoxy groups -OCH3 is 2. The fourth-order valence-electron chi connectivity index (χ4n) is 4.39. The second kappa shape index (κ2) is 11.0. The molecule has 4 aromatic rings. The molecule has 0 saturated carbocycles. The van der Waals surface area contributed by atoms with Crippen molar-refractivity contribution in [2.24, 2.45) is 0 Å². The molecule has 38 heavy (non-hydrogen) atoms. The zero-order chi connectivity index (χ0) is 26.6. The number of aromatic nitrogens is 3. The summed E-state index contributed by atoms with van der Waals surface area (Å²) < 4.78 is 12.5. The summed E-state index contributed by atoms with van der Waals surface area (Å²) in [6, 6.07) is 22.9. The van der Waals surface area contributed by atoms with E-state index in [4.69, 9.17) is 19.6 Å². The van der Waals surface area contributed by atoms with E-state index in [0.29, 0.717) is 22.4 Å². The van der Waals surface area contributed by atoms with Gasteiger partial charge in [-0.2, -0.15) is 4.98 Å². The van der Waals surface area contributed by atoms with Gasteiger partial charge in [0.1, 0.15) is 17.5 Å². The summed E-state index contributed by atoms with van der Waals surface area (Å²) in [5.74, 6) is 2.62. The maximum atomic E-state index is 13.7. The number of carbonyl (C=O) groups excluding carboxylic acids is 1. The lowest BCUT2D eigenvalue weighted by Crippen LogP contribution is -2.31. The first-order valence-electron chi connectivity index (χ1n) is 12.2. The molecule has 0 radical (unpaired) electrons.